The van der Waals surface area contributed by atoms with Crippen LogP contribution >= 0.6 is 15.9 Å². The summed E-state index contributed by atoms with van der Waals surface area (Å²) in [7, 11) is -1.44. The highest BCUT2D eigenvalue weighted by Crippen LogP contribution is 2.48. The fraction of sp³-hybridized carbons (Fsp3) is 0. The van der Waals surface area contributed by atoms with Gasteiger partial charge in [-0.15, -0.1) is 0 Å². The van der Waals surface area contributed by atoms with E-state index >= 15 is 0 Å². The van der Waals surface area contributed by atoms with Crippen LogP contribution in [0.15, 0.2) is 328 Å². The molecule has 2 heterocycles. The topological polar surface area (TPSA) is 66.7 Å². The maximum absolute atomic E-state index is 9.34. The van der Waals surface area contributed by atoms with Crippen LogP contribution in [0.25, 0.3) is 164 Å². The lowest BCUT2D eigenvalue weighted by atomic mass is 9.79. The molecule has 0 saturated carbocycles. The van der Waals surface area contributed by atoms with Gasteiger partial charge in [-0.1, -0.05) is 297 Å². The van der Waals surface area contributed by atoms with Gasteiger partial charge in [0.25, 0.3) is 0 Å². The Balaban J connectivity index is 0.000000135. The van der Waals surface area contributed by atoms with Crippen molar-refractivity contribution in [2.75, 3.05) is 0 Å². The summed E-state index contributed by atoms with van der Waals surface area (Å²) in [5.41, 5.74) is 8.90. The number of rotatable bonds is 6. The molecule has 90 heavy (non-hydrogen) atoms. The van der Waals surface area contributed by atoms with E-state index in [9.17, 15) is 15.5 Å². The van der Waals surface area contributed by atoms with Crippen LogP contribution < -0.4 is 5.46 Å². The van der Waals surface area contributed by atoms with E-state index in [4.69, 9.17) is 25.3 Å². The maximum atomic E-state index is 9.34. The summed E-state index contributed by atoms with van der Waals surface area (Å²) in [6.45, 7) is 0. The molecule has 0 atom stereocenters. The van der Waals surface area contributed by atoms with E-state index in [1.165, 1.54) is 5.39 Å². The van der Waals surface area contributed by atoms with Gasteiger partial charge in [0.1, 0.15) is 22.3 Å². The van der Waals surface area contributed by atoms with Gasteiger partial charge in [-0.2, -0.15) is 0 Å². The Morgan fingerprint density at radius 1 is 0.289 bits per heavy atom. The van der Waals surface area contributed by atoms with Crippen LogP contribution in [0.3, 0.4) is 0 Å². The molecule has 0 saturated heterocycles. The first kappa shape index (κ1) is 39.8. The number of hydrogen-bond acceptors (Lipinski definition) is 4. The minimum Gasteiger partial charge on any atom is -0.455 e. The Morgan fingerprint density at radius 2 is 0.622 bits per heavy atom. The van der Waals surface area contributed by atoms with Crippen LogP contribution in [-0.4, -0.2) is 17.2 Å². The summed E-state index contributed by atoms with van der Waals surface area (Å²) in [5.74, 6) is 0. The van der Waals surface area contributed by atoms with E-state index in [0.717, 1.165) is 60.0 Å². The number of para-hydroxylation sites is 4. The molecule has 0 aliphatic heterocycles. The summed E-state index contributed by atoms with van der Waals surface area (Å²) in [5, 5.41) is 27.4. The molecule has 0 unspecified atom stereocenters. The first-order chi connectivity index (χ1) is 51.1. The fourth-order valence-electron chi connectivity index (χ4n) is 12.6. The molecule has 0 bridgehead atoms. The molecule has 0 aliphatic carbocycles. The lowest BCUT2D eigenvalue weighted by Gasteiger charge is -2.18. The second kappa shape index (κ2) is 23.0. The molecule has 0 spiro atoms. The Morgan fingerprint density at radius 3 is 1.10 bits per heavy atom. The van der Waals surface area contributed by atoms with Gasteiger partial charge in [0.2, 0.25) is 0 Å². The van der Waals surface area contributed by atoms with Crippen molar-refractivity contribution in [3.05, 3.63) is 320 Å². The van der Waals surface area contributed by atoms with Crippen molar-refractivity contribution in [3.63, 3.8) is 0 Å². The average molecular weight is 1230 g/mol. The highest BCUT2D eigenvalue weighted by atomic mass is 79.9. The summed E-state index contributed by atoms with van der Waals surface area (Å²) in [6, 6.07) is 63.4. The summed E-state index contributed by atoms with van der Waals surface area (Å²) < 4.78 is 153. The minimum absolute atomic E-state index is 0.140. The Kier molecular flexibility index (Phi) is 10.2. The fourth-order valence-corrected chi connectivity index (χ4v) is 13.2. The van der Waals surface area contributed by atoms with Gasteiger partial charge in [0.15, 0.2) is 0 Å². The Hall–Kier alpha value is -10.9. The average Bonchev–Trinajstić information content (AvgIpc) is 1.00. The molecule has 0 radical (unpaired) electrons. The van der Waals surface area contributed by atoms with Crippen LogP contribution in [0.5, 0.6) is 0 Å². The predicted octanol–water partition coefficient (Wildman–Crippen LogP) is 22.6. The molecular weight excluding hydrogens is 1160 g/mol. The molecule has 18 rings (SSSR count). The molecule has 2 N–H and O–H groups in total. The predicted molar refractivity (Wildman–Crippen MR) is 384 cm³/mol. The van der Waals surface area contributed by atoms with Gasteiger partial charge >= 0.3 is 7.12 Å². The largest absolute Gasteiger partial charge is 0.488 e. The molecule has 4 nitrogen and oxygen atoms in total. The zero-order chi connectivity index (χ0) is 74.2. The summed E-state index contributed by atoms with van der Waals surface area (Å²) in [6.07, 6.45) is 0. The van der Waals surface area contributed by atoms with Gasteiger partial charge in [-0.05, 0) is 138 Å². The molecule has 16 aromatic carbocycles. The second-order valence-electron chi connectivity index (χ2n) is 21.6. The highest BCUT2D eigenvalue weighted by Gasteiger charge is 2.22. The van der Waals surface area contributed by atoms with Gasteiger partial charge in [-0.3, -0.25) is 0 Å². The van der Waals surface area contributed by atoms with E-state index in [0.29, 0.717) is 50.0 Å². The molecule has 6 heteroatoms. The van der Waals surface area contributed by atoms with E-state index in [1.807, 2.05) is 176 Å². The van der Waals surface area contributed by atoms with Crippen molar-refractivity contribution in [1.29, 1.82) is 0 Å². The van der Waals surface area contributed by atoms with E-state index < -0.39 is 55.5 Å². The first-order valence-corrected chi connectivity index (χ1v) is 29.8. The number of halogens is 1. The third-order valence-corrected chi connectivity index (χ3v) is 17.4. The molecule has 0 amide bonds. The van der Waals surface area contributed by atoms with Gasteiger partial charge < -0.3 is 18.9 Å². The van der Waals surface area contributed by atoms with Gasteiger partial charge in [-0.25, -0.2) is 0 Å². The molecule has 18 aromatic rings. The highest BCUT2D eigenvalue weighted by molar-refractivity contribution is 9.10. The normalized spacial score (nSPS) is 14.0. The Bertz CT molecular complexity index is 6650. The van der Waals surface area contributed by atoms with Crippen LogP contribution in [0, 0.1) is 0 Å². The third-order valence-electron chi connectivity index (χ3n) is 16.6. The number of fused-ring (bicyclic) bond motifs is 12. The Labute approximate surface area is 550 Å². The van der Waals surface area contributed by atoms with Crippen LogP contribution in [0.4, 0.5) is 0 Å². The first-order valence-electron chi connectivity index (χ1n) is 37.0. The number of furan rings is 2. The molecule has 2 aromatic heterocycles. The van der Waals surface area contributed by atoms with Crippen LogP contribution in [0.2, 0.25) is 0 Å². The summed E-state index contributed by atoms with van der Waals surface area (Å²) >= 11 is 3.44. The maximum Gasteiger partial charge on any atom is 0.488 e. The lowest BCUT2D eigenvalue weighted by molar-refractivity contribution is 0.426. The van der Waals surface area contributed by atoms with Crippen molar-refractivity contribution in [1.82, 2.24) is 0 Å². The standard InChI is InChI=1S/C42H26O.C26H15BrO.C16H13BO2/c1-2-16-30-27(12-1)13-10-22-31(30)28-14-9-15-29(26-28)40-33-18-3-5-20-35(33)41(36-21-6-4-19-34(36)40)38-24-11-23-37-32-17-7-8-25-39(32)43-42(37)38;27-25-19-11-3-1-9-17(19)24(18-10-2-4-12-20(18)25)22-14-7-13-21-16-8-5-6-15-23(16)28-26(21)22;18-17(19)14-8-3-7-13(11-14)16-10-4-6-12-5-1-2-9-15(12)16/h1-26H;1-15H;1-11,18-19H/i3D,4D,5D,6D,18D,19D,20D,21D;1D,2D,3D,4D,9D,10D,11D,12D;. The zero-order valence-electron chi connectivity index (χ0n) is 63.5. The SMILES string of the molecule is OB(O)c1cccc(-c2cccc3ccccc23)c1.[2H]c1c([2H])c([2H])c2c(-c3cccc4c3oc3ccccc34)c3c([2H])c([2H])c([2H])c([2H])c3c(-c3cccc(-c4cccc5ccccc45)c3)c2c1[2H].[2H]c1c([2H])c([2H])c2c(-c3cccc4c3oc3ccccc34)c3c([2H])c([2H])c([2H])c([2H])c3c(Br)c2c1[2H]. The quantitative estimate of drug-likeness (QED) is 0.129. The monoisotopic (exact) mass is 1230 g/mol. The van der Waals surface area contributed by atoms with Crippen molar-refractivity contribution in [3.8, 4) is 55.6 Å². The van der Waals surface area contributed by atoms with Crippen molar-refractivity contribution in [2.24, 2.45) is 0 Å². The minimum atomic E-state index is -1.44. The lowest BCUT2D eigenvalue weighted by Crippen LogP contribution is -2.29. The van der Waals surface area contributed by atoms with Crippen LogP contribution in [-0.2, 0) is 0 Å². The summed E-state index contributed by atoms with van der Waals surface area (Å²) in [4.78, 5) is 0. The van der Waals surface area contributed by atoms with Crippen LogP contribution in [0.1, 0.15) is 21.9 Å². The molecule has 0 aliphatic rings. The van der Waals surface area contributed by atoms with Gasteiger partial charge in [0.05, 0.1) is 21.9 Å². The van der Waals surface area contributed by atoms with E-state index in [-0.39, 0.29) is 107 Å². The van der Waals surface area contributed by atoms with E-state index in [2.05, 4.69) is 34.1 Å². The number of benzene rings is 16. The van der Waals surface area contributed by atoms with Crippen molar-refractivity contribution < 1.29 is 40.8 Å². The smallest absolute Gasteiger partial charge is 0.455 e. The van der Waals surface area contributed by atoms with E-state index in [1.54, 1.807) is 24.3 Å². The second-order valence-corrected chi connectivity index (χ2v) is 22.4. The van der Waals surface area contributed by atoms with Crippen molar-refractivity contribution >= 4 is 137 Å². The van der Waals surface area contributed by atoms with Gasteiger partial charge in [0, 0.05) is 48.3 Å². The molecule has 424 valence electrons. The third kappa shape index (κ3) is 9.49. The zero-order valence-corrected chi connectivity index (χ0v) is 49.0. The van der Waals surface area contributed by atoms with Crippen molar-refractivity contribution in [2.45, 2.75) is 0 Å². The molecule has 0 fully saturated rings. The number of hydrogen-bond donors (Lipinski definition) is 2. The molecular formula is C84H54BBrO4.